The summed E-state index contributed by atoms with van der Waals surface area (Å²) in [4.78, 5) is 4.69. The van der Waals surface area contributed by atoms with Crippen LogP contribution in [0.5, 0.6) is 5.75 Å². The molecule has 1 aromatic heterocycles. The Morgan fingerprint density at radius 3 is 2.34 bits per heavy atom. The minimum atomic E-state index is -3.71. The van der Waals surface area contributed by atoms with Crippen molar-refractivity contribution in [1.29, 1.82) is 0 Å². The molecule has 2 N–H and O–H groups in total. The van der Waals surface area contributed by atoms with Gasteiger partial charge in [-0.1, -0.05) is 30.3 Å². The van der Waals surface area contributed by atoms with Crippen molar-refractivity contribution in [3.63, 3.8) is 0 Å². The van der Waals surface area contributed by atoms with Gasteiger partial charge in [-0.2, -0.15) is 5.10 Å². The van der Waals surface area contributed by atoms with Crippen LogP contribution in [0.25, 0.3) is 10.9 Å². The van der Waals surface area contributed by atoms with Gasteiger partial charge in [-0.3, -0.25) is 10.1 Å². The number of para-hydroxylation sites is 1. The average Bonchev–Trinajstić information content (AvgIpc) is 2.82. The molecule has 0 unspecified atom stereocenters. The number of rotatable bonds is 7. The van der Waals surface area contributed by atoms with Crippen LogP contribution in [0.15, 0.2) is 94.9 Å². The summed E-state index contributed by atoms with van der Waals surface area (Å²) in [6.45, 7) is 1.84. The molecule has 0 aliphatic rings. The molecule has 162 valence electrons. The molecule has 4 aromatic rings. The number of anilines is 2. The van der Waals surface area contributed by atoms with Crippen molar-refractivity contribution in [2.24, 2.45) is 5.10 Å². The number of sulfonamides is 1. The van der Waals surface area contributed by atoms with Gasteiger partial charge in [0.25, 0.3) is 10.0 Å². The first-order chi connectivity index (χ1) is 15.4. The highest BCUT2D eigenvalue weighted by molar-refractivity contribution is 7.92. The summed E-state index contributed by atoms with van der Waals surface area (Å²) in [6, 6.07) is 24.9. The summed E-state index contributed by atoms with van der Waals surface area (Å²) >= 11 is 0. The summed E-state index contributed by atoms with van der Waals surface area (Å²) in [5.41, 5.74) is 5.79. The molecule has 0 radical (unpaired) electrons. The van der Waals surface area contributed by atoms with Crippen LogP contribution in [-0.2, 0) is 10.0 Å². The number of methoxy groups -OCH3 is 1. The predicted molar refractivity (Wildman–Crippen MR) is 128 cm³/mol. The van der Waals surface area contributed by atoms with Gasteiger partial charge in [0.15, 0.2) is 0 Å². The molecule has 8 heteroatoms. The molecule has 0 amide bonds. The van der Waals surface area contributed by atoms with Gasteiger partial charge in [0.05, 0.1) is 23.2 Å². The number of hydrazone groups is 1. The molecule has 0 spiro atoms. The van der Waals surface area contributed by atoms with Crippen LogP contribution < -0.4 is 14.9 Å². The number of ether oxygens (including phenoxy) is 1. The van der Waals surface area contributed by atoms with Gasteiger partial charge in [0.2, 0.25) is 0 Å². The van der Waals surface area contributed by atoms with Crippen molar-refractivity contribution in [3.05, 3.63) is 90.5 Å². The van der Waals surface area contributed by atoms with E-state index in [1.54, 1.807) is 55.6 Å². The standard InChI is InChI=1S/C24H22N4O3S/c1-17(26-27-24-16-9-19-5-3-4-6-23(19)25-24)18-7-14-22(15-8-18)32(29,30)28-20-10-12-21(31-2)13-11-20/h3-16,28H,1-2H3,(H,25,27)/b26-17+. The number of nitrogens with zero attached hydrogens (tertiary/aromatic N) is 2. The second-order valence-electron chi connectivity index (χ2n) is 7.06. The van der Waals surface area contributed by atoms with Crippen molar-refractivity contribution in [2.75, 3.05) is 17.3 Å². The fraction of sp³-hybridized carbons (Fsp3) is 0.0833. The van der Waals surface area contributed by atoms with Gasteiger partial charge < -0.3 is 4.74 Å². The van der Waals surface area contributed by atoms with Gasteiger partial charge in [-0.25, -0.2) is 13.4 Å². The monoisotopic (exact) mass is 446 g/mol. The Labute approximate surface area is 186 Å². The molecule has 4 rings (SSSR count). The number of benzene rings is 3. The van der Waals surface area contributed by atoms with Gasteiger partial charge in [0.1, 0.15) is 11.6 Å². The van der Waals surface area contributed by atoms with Crippen LogP contribution >= 0.6 is 0 Å². The second kappa shape index (κ2) is 9.07. The fourth-order valence-electron chi connectivity index (χ4n) is 3.08. The highest BCUT2D eigenvalue weighted by Gasteiger charge is 2.14. The van der Waals surface area contributed by atoms with Crippen LogP contribution in [0, 0.1) is 0 Å². The van der Waals surface area contributed by atoms with Crippen molar-refractivity contribution in [2.45, 2.75) is 11.8 Å². The molecule has 1 heterocycles. The lowest BCUT2D eigenvalue weighted by Gasteiger charge is -2.10. The number of aromatic nitrogens is 1. The largest absolute Gasteiger partial charge is 0.497 e. The van der Waals surface area contributed by atoms with E-state index in [2.05, 4.69) is 20.2 Å². The molecule has 0 aliphatic carbocycles. The first-order valence-electron chi connectivity index (χ1n) is 9.88. The lowest BCUT2D eigenvalue weighted by Crippen LogP contribution is -2.13. The summed E-state index contributed by atoms with van der Waals surface area (Å²) in [5, 5.41) is 5.43. The van der Waals surface area contributed by atoms with Crippen molar-refractivity contribution in [1.82, 2.24) is 4.98 Å². The maximum Gasteiger partial charge on any atom is 0.261 e. The van der Waals surface area contributed by atoms with Crippen molar-refractivity contribution >= 4 is 38.1 Å². The summed E-state index contributed by atoms with van der Waals surface area (Å²) in [7, 11) is -2.15. The van der Waals surface area contributed by atoms with Crippen molar-refractivity contribution < 1.29 is 13.2 Å². The summed E-state index contributed by atoms with van der Waals surface area (Å²) < 4.78 is 33.0. The van der Waals surface area contributed by atoms with E-state index in [4.69, 9.17) is 4.74 Å². The van der Waals surface area contributed by atoms with Gasteiger partial charge >= 0.3 is 0 Å². The normalized spacial score (nSPS) is 11.9. The Morgan fingerprint density at radius 1 is 0.906 bits per heavy atom. The van der Waals surface area contributed by atoms with E-state index < -0.39 is 10.0 Å². The molecule has 3 aromatic carbocycles. The Hall–Kier alpha value is -3.91. The molecule has 0 bridgehead atoms. The van der Waals surface area contributed by atoms with Gasteiger partial charge in [-0.05, 0) is 67.1 Å². The number of pyridine rings is 1. The summed E-state index contributed by atoms with van der Waals surface area (Å²) in [5.74, 6) is 1.28. The number of fused-ring (bicyclic) bond motifs is 1. The highest BCUT2D eigenvalue weighted by atomic mass is 32.2. The zero-order valence-electron chi connectivity index (χ0n) is 17.6. The summed E-state index contributed by atoms with van der Waals surface area (Å²) in [6.07, 6.45) is 0. The molecular weight excluding hydrogens is 424 g/mol. The van der Waals surface area contributed by atoms with E-state index >= 15 is 0 Å². The third-order valence-electron chi connectivity index (χ3n) is 4.86. The van der Waals surface area contributed by atoms with E-state index in [-0.39, 0.29) is 4.90 Å². The van der Waals surface area contributed by atoms with Crippen LogP contribution in [-0.4, -0.2) is 26.2 Å². The quantitative estimate of drug-likeness (QED) is 0.312. The first kappa shape index (κ1) is 21.3. The first-order valence-corrected chi connectivity index (χ1v) is 11.4. The van der Waals surface area contributed by atoms with E-state index in [0.29, 0.717) is 23.0 Å². The number of hydrogen-bond donors (Lipinski definition) is 2. The molecule has 0 saturated carbocycles. The predicted octanol–water partition coefficient (Wildman–Crippen LogP) is 4.88. The van der Waals surface area contributed by atoms with E-state index in [1.165, 1.54) is 0 Å². The zero-order valence-corrected chi connectivity index (χ0v) is 18.4. The lowest BCUT2D eigenvalue weighted by atomic mass is 10.1. The SMILES string of the molecule is COc1ccc(NS(=O)(=O)c2ccc(/C(C)=N/Nc3ccc4ccccc4n3)cc2)cc1. The lowest BCUT2D eigenvalue weighted by molar-refractivity contribution is 0.415. The molecular formula is C24H22N4O3S. The van der Waals surface area contributed by atoms with Gasteiger partial charge in [-0.15, -0.1) is 0 Å². The molecule has 0 fully saturated rings. The van der Waals surface area contributed by atoms with Gasteiger partial charge in [0, 0.05) is 11.1 Å². The average molecular weight is 447 g/mol. The Morgan fingerprint density at radius 2 is 1.62 bits per heavy atom. The third kappa shape index (κ3) is 4.87. The van der Waals surface area contributed by atoms with E-state index in [9.17, 15) is 8.42 Å². The van der Waals surface area contributed by atoms with E-state index in [1.807, 2.05) is 43.3 Å². The maximum atomic E-state index is 12.7. The molecule has 32 heavy (non-hydrogen) atoms. The van der Waals surface area contributed by atoms with Crippen molar-refractivity contribution in [3.8, 4) is 5.75 Å². The molecule has 0 saturated heterocycles. The minimum absolute atomic E-state index is 0.161. The highest BCUT2D eigenvalue weighted by Crippen LogP contribution is 2.20. The smallest absolute Gasteiger partial charge is 0.261 e. The van der Waals surface area contributed by atoms with Crippen LogP contribution in [0.3, 0.4) is 0 Å². The molecule has 0 aliphatic heterocycles. The fourth-order valence-corrected chi connectivity index (χ4v) is 4.14. The number of hydrogen-bond acceptors (Lipinski definition) is 6. The second-order valence-corrected chi connectivity index (χ2v) is 8.74. The number of nitrogens with one attached hydrogen (secondary N) is 2. The van der Waals surface area contributed by atoms with E-state index in [0.717, 1.165) is 16.5 Å². The zero-order chi connectivity index (χ0) is 22.6. The Balaban J connectivity index is 1.46. The topological polar surface area (TPSA) is 92.7 Å². The van der Waals surface area contributed by atoms with Crippen LogP contribution in [0.4, 0.5) is 11.5 Å². The third-order valence-corrected chi connectivity index (χ3v) is 6.26. The molecule has 7 nitrogen and oxygen atoms in total. The Kier molecular flexibility index (Phi) is 6.04. The maximum absolute atomic E-state index is 12.7. The minimum Gasteiger partial charge on any atom is -0.497 e. The van der Waals surface area contributed by atoms with Crippen LogP contribution in [0.2, 0.25) is 0 Å². The van der Waals surface area contributed by atoms with Crippen LogP contribution in [0.1, 0.15) is 12.5 Å². The molecule has 0 atom stereocenters. The Bertz CT molecular complexity index is 1370.